The second-order valence-corrected chi connectivity index (χ2v) is 4.92. The maximum absolute atomic E-state index is 11.4. The van der Waals surface area contributed by atoms with Crippen LogP contribution in [0.1, 0.15) is 39.5 Å². The molecular weight excluding hydrogens is 208 g/mol. The fourth-order valence-corrected chi connectivity index (χ4v) is 1.74. The van der Waals surface area contributed by atoms with E-state index >= 15 is 0 Å². The molecule has 16 heavy (non-hydrogen) atoms. The van der Waals surface area contributed by atoms with Gasteiger partial charge in [-0.25, -0.2) is 0 Å². The van der Waals surface area contributed by atoms with Gasteiger partial charge in [0.05, 0.1) is 25.2 Å². The lowest BCUT2D eigenvalue weighted by Gasteiger charge is -2.27. The molecule has 0 unspecified atom stereocenters. The molecule has 4 heteroatoms. The fraction of sp³-hybridized carbons (Fsp3) is 0.833. The van der Waals surface area contributed by atoms with Gasteiger partial charge in [0.1, 0.15) is 5.78 Å². The minimum absolute atomic E-state index is 0.113. The van der Waals surface area contributed by atoms with Gasteiger partial charge in [-0.15, -0.1) is 0 Å². The van der Waals surface area contributed by atoms with E-state index in [1.165, 1.54) is 7.11 Å². The van der Waals surface area contributed by atoms with Crippen LogP contribution in [0.25, 0.3) is 0 Å². The van der Waals surface area contributed by atoms with Crippen molar-refractivity contribution in [2.24, 2.45) is 5.41 Å². The number of carbonyl (C=O) groups excluding carboxylic acids is 2. The number of ether oxygens (including phenoxy) is 2. The van der Waals surface area contributed by atoms with Gasteiger partial charge in [-0.05, 0) is 26.7 Å². The molecule has 0 N–H and O–H groups in total. The number of Topliss-reactive ketones (excluding diaryl/α,β-unsaturated/α-hetero) is 1. The number of carbonyl (C=O) groups is 2. The molecule has 1 rings (SSSR count). The van der Waals surface area contributed by atoms with Crippen molar-refractivity contribution in [3.05, 3.63) is 0 Å². The molecule has 0 atom stereocenters. The highest BCUT2D eigenvalue weighted by Crippen LogP contribution is 2.23. The number of esters is 1. The Balaban J connectivity index is 2.34. The van der Waals surface area contributed by atoms with Gasteiger partial charge in [0, 0.05) is 12.8 Å². The molecule has 0 bridgehead atoms. The van der Waals surface area contributed by atoms with E-state index in [2.05, 4.69) is 0 Å². The maximum atomic E-state index is 11.4. The third kappa shape index (κ3) is 3.59. The highest BCUT2D eigenvalue weighted by molar-refractivity contribution is 5.79. The third-order valence-electron chi connectivity index (χ3n) is 2.91. The molecule has 0 spiro atoms. The van der Waals surface area contributed by atoms with Crippen molar-refractivity contribution in [1.29, 1.82) is 0 Å². The first-order chi connectivity index (χ1) is 7.45. The molecule has 0 heterocycles. The van der Waals surface area contributed by atoms with Crippen molar-refractivity contribution in [2.75, 3.05) is 13.7 Å². The molecule has 0 aromatic carbocycles. The average Bonchev–Trinajstić information content (AvgIpc) is 2.27. The maximum Gasteiger partial charge on any atom is 0.313 e. The Hall–Kier alpha value is -0.900. The van der Waals surface area contributed by atoms with Crippen LogP contribution in [0, 0.1) is 5.41 Å². The van der Waals surface area contributed by atoms with Gasteiger partial charge in [-0.3, -0.25) is 9.59 Å². The Morgan fingerprint density at radius 3 is 2.44 bits per heavy atom. The normalized spacial score (nSPS) is 18.6. The van der Waals surface area contributed by atoms with Crippen molar-refractivity contribution in [1.82, 2.24) is 0 Å². The van der Waals surface area contributed by atoms with E-state index in [4.69, 9.17) is 9.47 Å². The zero-order valence-electron chi connectivity index (χ0n) is 10.2. The summed E-state index contributed by atoms with van der Waals surface area (Å²) in [4.78, 5) is 22.4. The molecule has 1 fully saturated rings. The molecule has 1 aliphatic rings. The summed E-state index contributed by atoms with van der Waals surface area (Å²) in [6.07, 6.45) is 2.86. The number of methoxy groups -OCH3 is 1. The Morgan fingerprint density at radius 2 is 1.94 bits per heavy atom. The van der Waals surface area contributed by atoms with Crippen molar-refractivity contribution in [3.63, 3.8) is 0 Å². The summed E-state index contributed by atoms with van der Waals surface area (Å²) in [6.45, 7) is 3.94. The lowest BCUT2D eigenvalue weighted by Crippen LogP contribution is -2.34. The van der Waals surface area contributed by atoms with E-state index in [0.717, 1.165) is 12.8 Å². The van der Waals surface area contributed by atoms with Gasteiger partial charge < -0.3 is 9.47 Å². The second kappa shape index (κ2) is 5.43. The van der Waals surface area contributed by atoms with Gasteiger partial charge in [0.15, 0.2) is 0 Å². The lowest BCUT2D eigenvalue weighted by atomic mass is 9.93. The summed E-state index contributed by atoms with van der Waals surface area (Å²) in [5.74, 6) is 0.0477. The van der Waals surface area contributed by atoms with Gasteiger partial charge in [-0.2, -0.15) is 0 Å². The standard InChI is InChI=1S/C12H20O4/c1-12(2,11(14)15-3)8-16-10-6-4-9(13)5-7-10/h10H,4-8H2,1-3H3. The molecule has 0 amide bonds. The van der Waals surface area contributed by atoms with E-state index < -0.39 is 5.41 Å². The van der Waals surface area contributed by atoms with Crippen molar-refractivity contribution in [3.8, 4) is 0 Å². The summed E-state index contributed by atoms with van der Waals surface area (Å²) in [7, 11) is 1.38. The number of rotatable bonds is 4. The van der Waals surface area contributed by atoms with E-state index in [1.54, 1.807) is 13.8 Å². The molecule has 0 radical (unpaired) electrons. The van der Waals surface area contributed by atoms with Crippen LogP contribution < -0.4 is 0 Å². The Kier molecular flexibility index (Phi) is 4.47. The topological polar surface area (TPSA) is 52.6 Å². The SMILES string of the molecule is COC(=O)C(C)(C)COC1CCC(=O)CC1. The van der Waals surface area contributed by atoms with Crippen LogP contribution in [0.2, 0.25) is 0 Å². The van der Waals surface area contributed by atoms with Gasteiger partial charge in [-0.1, -0.05) is 0 Å². The first-order valence-electron chi connectivity index (χ1n) is 5.67. The van der Waals surface area contributed by atoms with Crippen LogP contribution in [0.3, 0.4) is 0 Å². The molecule has 92 valence electrons. The monoisotopic (exact) mass is 228 g/mol. The summed E-state index contributed by atoms with van der Waals surface area (Å²) in [6, 6.07) is 0. The molecule has 0 aromatic heterocycles. The molecule has 0 aliphatic heterocycles. The van der Waals surface area contributed by atoms with Crippen LogP contribution in [0.15, 0.2) is 0 Å². The zero-order chi connectivity index (χ0) is 12.2. The number of hydrogen-bond donors (Lipinski definition) is 0. The summed E-state index contributed by atoms with van der Waals surface area (Å²) >= 11 is 0. The molecular formula is C12H20O4. The summed E-state index contributed by atoms with van der Waals surface area (Å²) in [5, 5.41) is 0. The molecule has 4 nitrogen and oxygen atoms in total. The Labute approximate surface area is 96.3 Å². The largest absolute Gasteiger partial charge is 0.469 e. The predicted octanol–water partition coefficient (Wildman–Crippen LogP) is 1.71. The van der Waals surface area contributed by atoms with Crippen LogP contribution >= 0.6 is 0 Å². The summed E-state index contributed by atoms with van der Waals surface area (Å²) in [5.41, 5.74) is -0.615. The van der Waals surface area contributed by atoms with Crippen molar-refractivity contribution >= 4 is 11.8 Å². The van der Waals surface area contributed by atoms with E-state index in [9.17, 15) is 9.59 Å². The minimum atomic E-state index is -0.615. The summed E-state index contributed by atoms with van der Waals surface area (Å²) < 4.78 is 10.4. The average molecular weight is 228 g/mol. The fourth-order valence-electron chi connectivity index (χ4n) is 1.74. The highest BCUT2D eigenvalue weighted by Gasteiger charge is 2.31. The third-order valence-corrected chi connectivity index (χ3v) is 2.91. The predicted molar refractivity (Wildman–Crippen MR) is 59.0 cm³/mol. The first-order valence-corrected chi connectivity index (χ1v) is 5.67. The Morgan fingerprint density at radius 1 is 1.38 bits per heavy atom. The minimum Gasteiger partial charge on any atom is -0.469 e. The van der Waals surface area contributed by atoms with Crippen molar-refractivity contribution < 1.29 is 19.1 Å². The Bertz CT molecular complexity index is 260. The quantitative estimate of drug-likeness (QED) is 0.687. The second-order valence-electron chi connectivity index (χ2n) is 4.92. The van der Waals surface area contributed by atoms with E-state index in [0.29, 0.717) is 25.2 Å². The van der Waals surface area contributed by atoms with Crippen LogP contribution in [0.5, 0.6) is 0 Å². The highest BCUT2D eigenvalue weighted by atomic mass is 16.5. The number of hydrogen-bond acceptors (Lipinski definition) is 4. The van der Waals surface area contributed by atoms with Crippen LogP contribution in [-0.4, -0.2) is 31.6 Å². The van der Waals surface area contributed by atoms with Gasteiger partial charge in [0.25, 0.3) is 0 Å². The van der Waals surface area contributed by atoms with Gasteiger partial charge in [0.2, 0.25) is 0 Å². The first kappa shape index (κ1) is 13.2. The van der Waals surface area contributed by atoms with E-state index in [1.807, 2.05) is 0 Å². The lowest BCUT2D eigenvalue weighted by molar-refractivity contribution is -0.156. The van der Waals surface area contributed by atoms with Crippen molar-refractivity contribution in [2.45, 2.75) is 45.6 Å². The van der Waals surface area contributed by atoms with Gasteiger partial charge >= 0.3 is 5.97 Å². The van der Waals surface area contributed by atoms with Crippen LogP contribution in [-0.2, 0) is 19.1 Å². The molecule has 1 aliphatic carbocycles. The smallest absolute Gasteiger partial charge is 0.313 e. The molecule has 0 saturated heterocycles. The zero-order valence-corrected chi connectivity index (χ0v) is 10.2. The molecule has 1 saturated carbocycles. The number of ketones is 1. The molecule has 0 aromatic rings. The van der Waals surface area contributed by atoms with E-state index in [-0.39, 0.29) is 12.1 Å². The van der Waals surface area contributed by atoms with Crippen LogP contribution in [0.4, 0.5) is 0 Å².